The van der Waals surface area contributed by atoms with Gasteiger partial charge in [0.2, 0.25) is 5.91 Å². The highest BCUT2D eigenvalue weighted by molar-refractivity contribution is 5.82. The summed E-state index contributed by atoms with van der Waals surface area (Å²) in [6, 6.07) is 0.236. The Labute approximate surface area is 86.2 Å². The second-order valence-electron chi connectivity index (χ2n) is 4.44. The number of methoxy groups -OCH3 is 1. The molecule has 0 radical (unpaired) electrons. The van der Waals surface area contributed by atoms with Crippen molar-refractivity contribution < 1.29 is 9.53 Å². The molecule has 0 aliphatic carbocycles. The van der Waals surface area contributed by atoms with Crippen molar-refractivity contribution in [1.29, 1.82) is 0 Å². The topological polar surface area (TPSA) is 38.3 Å². The minimum atomic E-state index is -0.0828. The third-order valence-electron chi connectivity index (χ3n) is 4.03. The van der Waals surface area contributed by atoms with Gasteiger partial charge in [-0.15, -0.1) is 0 Å². The molecule has 1 rings (SSSR count). The van der Waals surface area contributed by atoms with Crippen molar-refractivity contribution in [1.82, 2.24) is 5.32 Å². The van der Waals surface area contributed by atoms with Gasteiger partial charge in [0.15, 0.2) is 0 Å². The van der Waals surface area contributed by atoms with Gasteiger partial charge >= 0.3 is 0 Å². The molecule has 0 aromatic carbocycles. The van der Waals surface area contributed by atoms with Crippen molar-refractivity contribution in [3.05, 3.63) is 0 Å². The maximum Gasteiger partial charge on any atom is 0.223 e. The Kier molecular flexibility index (Phi) is 3.20. The fourth-order valence-electron chi connectivity index (χ4n) is 2.47. The zero-order valence-electron chi connectivity index (χ0n) is 9.76. The number of rotatable bonds is 3. The monoisotopic (exact) mass is 199 g/mol. The van der Waals surface area contributed by atoms with E-state index in [1.165, 1.54) is 0 Å². The number of ether oxygens (including phenoxy) is 1. The molecule has 3 nitrogen and oxygen atoms in total. The average molecular weight is 199 g/mol. The van der Waals surface area contributed by atoms with Crippen LogP contribution in [0, 0.1) is 11.3 Å². The van der Waals surface area contributed by atoms with Crippen LogP contribution in [0.2, 0.25) is 0 Å². The van der Waals surface area contributed by atoms with Crippen LogP contribution in [0.1, 0.15) is 34.1 Å². The van der Waals surface area contributed by atoms with Gasteiger partial charge in [0.25, 0.3) is 0 Å². The molecule has 1 saturated heterocycles. The standard InChI is InChI=1S/C11H21NO2/c1-6-9-11(4,8(3)14-5)7(2)10(13)12-9/h7-9H,6H2,1-5H3,(H,12,13). The molecule has 1 fully saturated rings. The number of amides is 1. The fourth-order valence-corrected chi connectivity index (χ4v) is 2.47. The third-order valence-corrected chi connectivity index (χ3v) is 4.03. The molecular formula is C11H21NO2. The first kappa shape index (κ1) is 11.5. The highest BCUT2D eigenvalue weighted by Gasteiger charge is 2.51. The average Bonchev–Trinajstić information content (AvgIpc) is 2.42. The van der Waals surface area contributed by atoms with Gasteiger partial charge in [-0.3, -0.25) is 4.79 Å². The van der Waals surface area contributed by atoms with E-state index in [-0.39, 0.29) is 29.4 Å². The molecule has 0 bridgehead atoms. The summed E-state index contributed by atoms with van der Waals surface area (Å²) in [5.41, 5.74) is -0.0828. The Balaban J connectivity index is 2.96. The molecule has 1 aliphatic heterocycles. The number of carbonyl (C=O) groups is 1. The van der Waals surface area contributed by atoms with E-state index in [1.54, 1.807) is 7.11 Å². The molecule has 3 heteroatoms. The zero-order valence-corrected chi connectivity index (χ0v) is 9.76. The predicted octanol–water partition coefficient (Wildman–Crippen LogP) is 1.57. The van der Waals surface area contributed by atoms with Crippen molar-refractivity contribution >= 4 is 5.91 Å². The maximum absolute atomic E-state index is 11.6. The van der Waals surface area contributed by atoms with E-state index < -0.39 is 0 Å². The Morgan fingerprint density at radius 3 is 2.64 bits per heavy atom. The minimum absolute atomic E-state index is 0.0300. The second kappa shape index (κ2) is 3.89. The predicted molar refractivity (Wildman–Crippen MR) is 56.0 cm³/mol. The van der Waals surface area contributed by atoms with Gasteiger partial charge < -0.3 is 10.1 Å². The molecule has 1 heterocycles. The van der Waals surface area contributed by atoms with Gasteiger partial charge in [-0.1, -0.05) is 20.8 Å². The van der Waals surface area contributed by atoms with Crippen molar-refractivity contribution in [3.63, 3.8) is 0 Å². The molecule has 0 saturated carbocycles. The molecule has 1 aliphatic rings. The first-order valence-corrected chi connectivity index (χ1v) is 5.31. The molecule has 1 amide bonds. The number of carbonyl (C=O) groups excluding carboxylic acids is 1. The van der Waals surface area contributed by atoms with Gasteiger partial charge in [-0.05, 0) is 13.3 Å². The Morgan fingerprint density at radius 2 is 2.21 bits per heavy atom. The van der Waals surface area contributed by atoms with Gasteiger partial charge in [0.1, 0.15) is 0 Å². The normalized spacial score (nSPS) is 39.6. The lowest BCUT2D eigenvalue weighted by molar-refractivity contribution is -0.124. The summed E-state index contributed by atoms with van der Waals surface area (Å²) in [6.45, 7) is 8.27. The summed E-state index contributed by atoms with van der Waals surface area (Å²) in [6.07, 6.45) is 1.06. The van der Waals surface area contributed by atoms with Crippen molar-refractivity contribution in [2.24, 2.45) is 11.3 Å². The van der Waals surface area contributed by atoms with E-state index in [2.05, 4.69) is 19.2 Å². The van der Waals surface area contributed by atoms with Crippen LogP contribution in [0.3, 0.4) is 0 Å². The molecule has 0 aromatic heterocycles. The molecule has 0 aromatic rings. The minimum Gasteiger partial charge on any atom is -0.381 e. The van der Waals surface area contributed by atoms with Gasteiger partial charge in [-0.25, -0.2) is 0 Å². The lowest BCUT2D eigenvalue weighted by atomic mass is 9.71. The quantitative estimate of drug-likeness (QED) is 0.749. The molecule has 1 N–H and O–H groups in total. The molecule has 4 unspecified atom stereocenters. The first-order chi connectivity index (χ1) is 6.48. The molecule has 4 atom stereocenters. The van der Waals surface area contributed by atoms with E-state index in [0.717, 1.165) is 6.42 Å². The van der Waals surface area contributed by atoms with Crippen LogP contribution in [0.4, 0.5) is 0 Å². The van der Waals surface area contributed by atoms with Crippen molar-refractivity contribution in [3.8, 4) is 0 Å². The molecule has 14 heavy (non-hydrogen) atoms. The fraction of sp³-hybridized carbons (Fsp3) is 0.909. The maximum atomic E-state index is 11.6. The molecule has 0 spiro atoms. The van der Waals surface area contributed by atoms with E-state index in [0.29, 0.717) is 0 Å². The number of nitrogens with one attached hydrogen (secondary N) is 1. The highest BCUT2D eigenvalue weighted by atomic mass is 16.5. The summed E-state index contributed by atoms with van der Waals surface area (Å²) >= 11 is 0. The van der Waals surface area contributed by atoms with Gasteiger partial charge in [0.05, 0.1) is 6.10 Å². The first-order valence-electron chi connectivity index (χ1n) is 5.31. The van der Waals surface area contributed by atoms with Crippen molar-refractivity contribution in [2.45, 2.75) is 46.3 Å². The molecule has 82 valence electrons. The summed E-state index contributed by atoms with van der Waals surface area (Å²) in [5.74, 6) is 0.186. The molecular weight excluding hydrogens is 178 g/mol. The Hall–Kier alpha value is -0.570. The Bertz CT molecular complexity index is 229. The van der Waals surface area contributed by atoms with Crippen LogP contribution >= 0.6 is 0 Å². The lowest BCUT2D eigenvalue weighted by Gasteiger charge is -2.37. The van der Waals surface area contributed by atoms with Crippen LogP contribution in [0.5, 0.6) is 0 Å². The smallest absolute Gasteiger partial charge is 0.223 e. The number of hydrogen-bond acceptors (Lipinski definition) is 2. The zero-order chi connectivity index (χ0) is 10.9. The summed E-state index contributed by atoms with van der Waals surface area (Å²) in [7, 11) is 1.71. The summed E-state index contributed by atoms with van der Waals surface area (Å²) < 4.78 is 5.40. The summed E-state index contributed by atoms with van der Waals surface area (Å²) in [5, 5.41) is 3.04. The van der Waals surface area contributed by atoms with E-state index in [1.807, 2.05) is 13.8 Å². The van der Waals surface area contributed by atoms with E-state index >= 15 is 0 Å². The van der Waals surface area contributed by atoms with Crippen LogP contribution < -0.4 is 5.32 Å². The van der Waals surface area contributed by atoms with Gasteiger partial charge in [-0.2, -0.15) is 0 Å². The van der Waals surface area contributed by atoms with Crippen LogP contribution in [0.25, 0.3) is 0 Å². The van der Waals surface area contributed by atoms with Crippen LogP contribution in [-0.2, 0) is 9.53 Å². The second-order valence-corrected chi connectivity index (χ2v) is 4.44. The number of hydrogen-bond donors (Lipinski definition) is 1. The lowest BCUT2D eigenvalue weighted by Crippen LogP contribution is -2.44. The third kappa shape index (κ3) is 1.44. The highest BCUT2D eigenvalue weighted by Crippen LogP contribution is 2.42. The van der Waals surface area contributed by atoms with E-state index in [4.69, 9.17) is 4.74 Å². The SMILES string of the molecule is CCC1NC(=O)C(C)C1(C)C(C)OC. The van der Waals surface area contributed by atoms with E-state index in [9.17, 15) is 4.79 Å². The summed E-state index contributed by atoms with van der Waals surface area (Å²) in [4.78, 5) is 11.6. The van der Waals surface area contributed by atoms with Crippen LogP contribution in [-0.4, -0.2) is 25.2 Å². The van der Waals surface area contributed by atoms with Crippen LogP contribution in [0.15, 0.2) is 0 Å². The van der Waals surface area contributed by atoms with Crippen molar-refractivity contribution in [2.75, 3.05) is 7.11 Å². The van der Waals surface area contributed by atoms with Gasteiger partial charge in [0, 0.05) is 24.5 Å². The Morgan fingerprint density at radius 1 is 1.64 bits per heavy atom. The largest absolute Gasteiger partial charge is 0.381 e.